The van der Waals surface area contributed by atoms with Crippen molar-refractivity contribution in [3.8, 4) is 0 Å². The van der Waals surface area contributed by atoms with Gasteiger partial charge in [0.15, 0.2) is 0 Å². The molecule has 0 spiro atoms. The van der Waals surface area contributed by atoms with Gasteiger partial charge in [-0.1, -0.05) is 0 Å². The van der Waals surface area contributed by atoms with E-state index in [1.807, 2.05) is 12.4 Å². The Morgan fingerprint density at radius 3 is 2.71 bits per heavy atom. The Kier molecular flexibility index (Phi) is 2.52. The van der Waals surface area contributed by atoms with Crippen LogP contribution in [-0.4, -0.2) is 23.6 Å². The first-order valence-electron chi connectivity index (χ1n) is 5.06. The highest BCUT2D eigenvalue weighted by atomic mass is 15.1. The van der Waals surface area contributed by atoms with Crippen LogP contribution < -0.4 is 10.6 Å². The van der Waals surface area contributed by atoms with Gasteiger partial charge in [0.25, 0.3) is 0 Å². The number of nitrogens with zero attached hydrogens (tertiary/aromatic N) is 1. The van der Waals surface area contributed by atoms with Crippen LogP contribution in [0.2, 0.25) is 0 Å². The number of hydrogen-bond acceptors (Lipinski definition) is 3. The molecule has 1 aliphatic rings. The van der Waals surface area contributed by atoms with E-state index in [1.165, 1.54) is 5.56 Å². The van der Waals surface area contributed by atoms with Gasteiger partial charge in [-0.05, 0) is 31.5 Å². The van der Waals surface area contributed by atoms with E-state index in [2.05, 4.69) is 41.6 Å². The molecule has 1 aliphatic heterocycles. The van der Waals surface area contributed by atoms with Gasteiger partial charge in [0.05, 0.1) is 0 Å². The maximum atomic E-state index is 4.03. The molecule has 76 valence electrons. The van der Waals surface area contributed by atoms with Crippen LogP contribution in [0.25, 0.3) is 0 Å². The first-order valence-corrected chi connectivity index (χ1v) is 5.06. The van der Waals surface area contributed by atoms with Crippen molar-refractivity contribution in [2.45, 2.75) is 25.4 Å². The first kappa shape index (κ1) is 9.62. The zero-order chi connectivity index (χ0) is 10.0. The van der Waals surface area contributed by atoms with Gasteiger partial charge in [0.1, 0.15) is 0 Å². The zero-order valence-electron chi connectivity index (χ0n) is 8.75. The summed E-state index contributed by atoms with van der Waals surface area (Å²) in [5.74, 6) is 0. The van der Waals surface area contributed by atoms with Crippen LogP contribution in [0.4, 0.5) is 0 Å². The van der Waals surface area contributed by atoms with Gasteiger partial charge in [0, 0.05) is 37.1 Å². The second-order valence-corrected chi connectivity index (χ2v) is 4.49. The molecule has 3 heteroatoms. The van der Waals surface area contributed by atoms with Crippen molar-refractivity contribution < 1.29 is 0 Å². The molecule has 14 heavy (non-hydrogen) atoms. The number of piperazine rings is 1. The molecular weight excluding hydrogens is 174 g/mol. The van der Waals surface area contributed by atoms with Gasteiger partial charge in [0.2, 0.25) is 0 Å². The molecule has 2 N–H and O–H groups in total. The average Bonchev–Trinajstić information content (AvgIpc) is 2.18. The van der Waals surface area contributed by atoms with Crippen molar-refractivity contribution in [2.24, 2.45) is 0 Å². The van der Waals surface area contributed by atoms with E-state index in [0.717, 1.165) is 13.1 Å². The summed E-state index contributed by atoms with van der Waals surface area (Å²) in [6, 6.07) is 4.54. The molecule has 3 nitrogen and oxygen atoms in total. The van der Waals surface area contributed by atoms with E-state index in [-0.39, 0.29) is 5.54 Å². The molecule has 0 radical (unpaired) electrons. The molecule has 0 aliphatic carbocycles. The predicted molar refractivity (Wildman–Crippen MR) is 57.1 cm³/mol. The smallest absolute Gasteiger partial charge is 0.0452 e. The van der Waals surface area contributed by atoms with Gasteiger partial charge < -0.3 is 10.6 Å². The second kappa shape index (κ2) is 3.67. The summed E-state index contributed by atoms with van der Waals surface area (Å²) in [6.45, 7) is 6.45. The molecular formula is C11H17N3. The van der Waals surface area contributed by atoms with Gasteiger partial charge in [-0.2, -0.15) is 0 Å². The Hall–Kier alpha value is -0.930. The Bertz CT molecular complexity index is 295. The van der Waals surface area contributed by atoms with Gasteiger partial charge in [-0.15, -0.1) is 0 Å². The topological polar surface area (TPSA) is 37.0 Å². The third kappa shape index (κ3) is 2.11. The highest BCUT2D eigenvalue weighted by Crippen LogP contribution is 2.18. The molecule has 1 aromatic heterocycles. The lowest BCUT2D eigenvalue weighted by Crippen LogP contribution is -2.56. The Morgan fingerprint density at radius 2 is 2.07 bits per heavy atom. The summed E-state index contributed by atoms with van der Waals surface area (Å²) < 4.78 is 0. The SMILES string of the molecule is CC1(C)CNCC(c2ccncc2)N1. The van der Waals surface area contributed by atoms with Crippen molar-refractivity contribution in [1.29, 1.82) is 0 Å². The number of rotatable bonds is 1. The minimum atomic E-state index is 0.173. The summed E-state index contributed by atoms with van der Waals surface area (Å²) in [4.78, 5) is 4.03. The fourth-order valence-electron chi connectivity index (χ4n) is 1.90. The minimum absolute atomic E-state index is 0.173. The number of aromatic nitrogens is 1. The van der Waals surface area contributed by atoms with Gasteiger partial charge >= 0.3 is 0 Å². The highest BCUT2D eigenvalue weighted by molar-refractivity contribution is 5.17. The normalized spacial score (nSPS) is 26.0. The number of pyridine rings is 1. The predicted octanol–water partition coefficient (Wildman–Crippen LogP) is 1.09. The second-order valence-electron chi connectivity index (χ2n) is 4.49. The van der Waals surface area contributed by atoms with Gasteiger partial charge in [-0.3, -0.25) is 4.98 Å². The maximum absolute atomic E-state index is 4.03. The van der Waals surface area contributed by atoms with Crippen LogP contribution in [0.15, 0.2) is 24.5 Å². The molecule has 1 unspecified atom stereocenters. The van der Waals surface area contributed by atoms with Crippen LogP contribution >= 0.6 is 0 Å². The molecule has 1 atom stereocenters. The first-order chi connectivity index (χ1) is 6.67. The number of hydrogen-bond donors (Lipinski definition) is 2. The summed E-state index contributed by atoms with van der Waals surface area (Å²) in [6.07, 6.45) is 3.69. The van der Waals surface area contributed by atoms with E-state index in [1.54, 1.807) is 0 Å². The molecule has 0 amide bonds. The van der Waals surface area contributed by atoms with Crippen LogP contribution in [-0.2, 0) is 0 Å². The van der Waals surface area contributed by atoms with Crippen LogP contribution in [0.1, 0.15) is 25.5 Å². The molecule has 1 fully saturated rings. The van der Waals surface area contributed by atoms with Crippen molar-refractivity contribution in [3.05, 3.63) is 30.1 Å². The Labute approximate surface area is 84.9 Å². The molecule has 0 bridgehead atoms. The third-order valence-corrected chi connectivity index (χ3v) is 2.59. The van der Waals surface area contributed by atoms with Crippen molar-refractivity contribution >= 4 is 0 Å². The lowest BCUT2D eigenvalue weighted by molar-refractivity contribution is 0.264. The maximum Gasteiger partial charge on any atom is 0.0452 e. The monoisotopic (exact) mass is 191 g/mol. The number of nitrogens with one attached hydrogen (secondary N) is 2. The summed E-state index contributed by atoms with van der Waals surface area (Å²) in [7, 11) is 0. The lowest BCUT2D eigenvalue weighted by Gasteiger charge is -2.38. The molecule has 1 aromatic rings. The van der Waals surface area contributed by atoms with Crippen LogP contribution in [0.5, 0.6) is 0 Å². The Morgan fingerprint density at radius 1 is 1.36 bits per heavy atom. The van der Waals surface area contributed by atoms with E-state index < -0.39 is 0 Å². The molecule has 0 saturated carbocycles. The van der Waals surface area contributed by atoms with Gasteiger partial charge in [-0.25, -0.2) is 0 Å². The minimum Gasteiger partial charge on any atom is -0.313 e. The Balaban J connectivity index is 2.12. The summed E-state index contributed by atoms with van der Waals surface area (Å²) in [5, 5.41) is 7.06. The van der Waals surface area contributed by atoms with Crippen LogP contribution in [0.3, 0.4) is 0 Å². The fraction of sp³-hybridized carbons (Fsp3) is 0.545. The van der Waals surface area contributed by atoms with Crippen LogP contribution in [0, 0.1) is 0 Å². The zero-order valence-corrected chi connectivity index (χ0v) is 8.75. The third-order valence-electron chi connectivity index (χ3n) is 2.59. The van der Waals surface area contributed by atoms with E-state index in [0.29, 0.717) is 6.04 Å². The van der Waals surface area contributed by atoms with Crippen molar-refractivity contribution in [2.75, 3.05) is 13.1 Å². The van der Waals surface area contributed by atoms with E-state index >= 15 is 0 Å². The average molecular weight is 191 g/mol. The quantitative estimate of drug-likeness (QED) is 0.698. The summed E-state index contributed by atoms with van der Waals surface area (Å²) >= 11 is 0. The largest absolute Gasteiger partial charge is 0.313 e. The van der Waals surface area contributed by atoms with E-state index in [9.17, 15) is 0 Å². The lowest BCUT2D eigenvalue weighted by atomic mass is 9.97. The van der Waals surface area contributed by atoms with Crippen molar-refractivity contribution in [1.82, 2.24) is 15.6 Å². The fourth-order valence-corrected chi connectivity index (χ4v) is 1.90. The molecule has 2 heterocycles. The highest BCUT2D eigenvalue weighted by Gasteiger charge is 2.27. The van der Waals surface area contributed by atoms with E-state index in [4.69, 9.17) is 0 Å². The molecule has 0 aromatic carbocycles. The molecule has 1 saturated heterocycles. The summed E-state index contributed by atoms with van der Waals surface area (Å²) in [5.41, 5.74) is 1.48. The standard InChI is InChI=1S/C11H17N3/c1-11(2)8-13-7-10(14-11)9-3-5-12-6-4-9/h3-6,10,13-14H,7-8H2,1-2H3. The molecule has 2 rings (SSSR count). The van der Waals surface area contributed by atoms with Crippen molar-refractivity contribution in [3.63, 3.8) is 0 Å².